The van der Waals surface area contributed by atoms with Crippen molar-refractivity contribution in [3.63, 3.8) is 0 Å². The third-order valence-electron chi connectivity index (χ3n) is 4.53. The van der Waals surface area contributed by atoms with E-state index < -0.39 is 16.1 Å². The molecule has 8 heteroatoms. The summed E-state index contributed by atoms with van der Waals surface area (Å²) >= 11 is 0. The lowest BCUT2D eigenvalue weighted by Crippen LogP contribution is -2.37. The molecular formula is C18H29N3O4S. The molecule has 1 N–H and O–H groups in total. The number of anilines is 1. The average Bonchev–Trinajstić information content (AvgIpc) is 3.11. The van der Waals surface area contributed by atoms with Crippen LogP contribution in [-0.2, 0) is 14.8 Å². The molecule has 26 heavy (non-hydrogen) atoms. The number of ether oxygens (including phenoxy) is 1. The van der Waals surface area contributed by atoms with Gasteiger partial charge in [-0.2, -0.15) is 0 Å². The van der Waals surface area contributed by atoms with E-state index in [0.29, 0.717) is 18.0 Å². The van der Waals surface area contributed by atoms with Crippen LogP contribution in [0.4, 0.5) is 5.69 Å². The van der Waals surface area contributed by atoms with Crippen LogP contribution >= 0.6 is 0 Å². The molecule has 1 fully saturated rings. The number of sulfonamides is 1. The van der Waals surface area contributed by atoms with Crippen LogP contribution in [0.5, 0.6) is 5.75 Å². The Bertz CT molecular complexity index is 685. The zero-order chi connectivity index (χ0) is 19.2. The van der Waals surface area contributed by atoms with E-state index in [2.05, 4.69) is 10.2 Å². The second kappa shape index (κ2) is 9.23. The number of likely N-dealkylation sites (tertiary alicyclic amines) is 1. The molecular weight excluding hydrogens is 354 g/mol. The summed E-state index contributed by atoms with van der Waals surface area (Å²) in [6.07, 6.45) is 4.02. The Hall–Kier alpha value is -1.80. The van der Waals surface area contributed by atoms with Gasteiger partial charge in [0.25, 0.3) is 5.91 Å². The predicted molar refractivity (Wildman–Crippen MR) is 103 cm³/mol. The largest absolute Gasteiger partial charge is 0.481 e. The first-order valence-electron chi connectivity index (χ1n) is 8.98. The van der Waals surface area contributed by atoms with Gasteiger partial charge in [-0.15, -0.1) is 0 Å². The van der Waals surface area contributed by atoms with Crippen LogP contribution in [0.15, 0.2) is 24.3 Å². The lowest BCUT2D eigenvalue weighted by molar-refractivity contribution is -0.127. The number of hydrogen-bond donors (Lipinski definition) is 1. The van der Waals surface area contributed by atoms with Crippen molar-refractivity contribution in [3.05, 3.63) is 24.3 Å². The molecule has 0 bridgehead atoms. The SMILES string of the molecule is C[C@@H](Oc1ccc(N(C)S(C)(=O)=O)cc1)C(=O)NCCCN1CCCC1. The molecule has 2 rings (SSSR count). The van der Waals surface area contributed by atoms with Gasteiger partial charge in [-0.1, -0.05) is 0 Å². The summed E-state index contributed by atoms with van der Waals surface area (Å²) in [5.41, 5.74) is 0.541. The molecule has 0 aromatic heterocycles. The summed E-state index contributed by atoms with van der Waals surface area (Å²) in [5, 5.41) is 2.90. The third kappa shape index (κ3) is 6.17. The van der Waals surface area contributed by atoms with Gasteiger partial charge >= 0.3 is 0 Å². The highest BCUT2D eigenvalue weighted by atomic mass is 32.2. The van der Waals surface area contributed by atoms with E-state index in [1.807, 2.05) is 0 Å². The smallest absolute Gasteiger partial charge is 0.260 e. The summed E-state index contributed by atoms with van der Waals surface area (Å²) in [6.45, 7) is 5.69. The Morgan fingerprint density at radius 3 is 2.46 bits per heavy atom. The van der Waals surface area contributed by atoms with E-state index in [4.69, 9.17) is 4.74 Å². The molecule has 0 unspecified atom stereocenters. The van der Waals surface area contributed by atoms with E-state index in [-0.39, 0.29) is 5.91 Å². The molecule has 1 atom stereocenters. The van der Waals surface area contributed by atoms with Crippen LogP contribution in [0.2, 0.25) is 0 Å². The van der Waals surface area contributed by atoms with Gasteiger partial charge in [-0.05, 0) is 70.1 Å². The first-order valence-corrected chi connectivity index (χ1v) is 10.8. The highest BCUT2D eigenvalue weighted by Gasteiger charge is 2.16. The van der Waals surface area contributed by atoms with Crippen LogP contribution in [0.3, 0.4) is 0 Å². The third-order valence-corrected chi connectivity index (χ3v) is 5.73. The normalized spacial score (nSPS) is 16.3. The minimum atomic E-state index is -3.30. The molecule has 7 nitrogen and oxygen atoms in total. The molecule has 0 saturated carbocycles. The summed E-state index contributed by atoms with van der Waals surface area (Å²) in [6, 6.07) is 6.62. The predicted octanol–water partition coefficient (Wildman–Crippen LogP) is 1.45. The monoisotopic (exact) mass is 383 g/mol. The molecule has 1 aliphatic heterocycles. The van der Waals surface area contributed by atoms with E-state index in [1.165, 1.54) is 24.2 Å². The summed E-state index contributed by atoms with van der Waals surface area (Å²) < 4.78 is 29.9. The fourth-order valence-corrected chi connectivity index (χ4v) is 3.35. The van der Waals surface area contributed by atoms with Crippen molar-refractivity contribution >= 4 is 21.6 Å². The van der Waals surface area contributed by atoms with Crippen molar-refractivity contribution < 1.29 is 17.9 Å². The van der Waals surface area contributed by atoms with Crippen molar-refractivity contribution in [3.8, 4) is 5.75 Å². The Morgan fingerprint density at radius 2 is 1.88 bits per heavy atom. The van der Waals surface area contributed by atoms with Crippen molar-refractivity contribution in [2.75, 3.05) is 43.8 Å². The van der Waals surface area contributed by atoms with Gasteiger partial charge in [0.2, 0.25) is 10.0 Å². The van der Waals surface area contributed by atoms with Crippen molar-refractivity contribution in [1.82, 2.24) is 10.2 Å². The zero-order valence-corrected chi connectivity index (χ0v) is 16.6. The van der Waals surface area contributed by atoms with Gasteiger partial charge in [0.1, 0.15) is 5.75 Å². The average molecular weight is 384 g/mol. The van der Waals surface area contributed by atoms with E-state index in [0.717, 1.165) is 32.3 Å². The molecule has 1 aromatic carbocycles. The minimum Gasteiger partial charge on any atom is -0.481 e. The number of carbonyl (C=O) groups excluding carboxylic acids is 1. The molecule has 0 spiro atoms. The quantitative estimate of drug-likeness (QED) is 0.653. The summed E-state index contributed by atoms with van der Waals surface area (Å²) in [7, 11) is -1.81. The molecule has 1 aliphatic rings. The maximum Gasteiger partial charge on any atom is 0.260 e. The number of nitrogens with zero attached hydrogens (tertiary/aromatic N) is 2. The van der Waals surface area contributed by atoms with Crippen LogP contribution in [0.1, 0.15) is 26.2 Å². The summed E-state index contributed by atoms with van der Waals surface area (Å²) in [4.78, 5) is 14.5. The first-order chi connectivity index (χ1) is 12.3. The maximum atomic E-state index is 12.1. The second-order valence-corrected chi connectivity index (χ2v) is 8.69. The number of rotatable bonds is 9. The Morgan fingerprint density at radius 1 is 1.27 bits per heavy atom. The van der Waals surface area contributed by atoms with Gasteiger partial charge in [0, 0.05) is 13.6 Å². The number of amides is 1. The molecule has 1 amide bonds. The Labute approximate surface area is 156 Å². The van der Waals surface area contributed by atoms with Crippen molar-refractivity contribution in [2.45, 2.75) is 32.3 Å². The lowest BCUT2D eigenvalue weighted by atomic mass is 10.3. The van der Waals surface area contributed by atoms with Gasteiger partial charge < -0.3 is 15.0 Å². The molecule has 1 heterocycles. The second-order valence-electron chi connectivity index (χ2n) is 6.68. The molecule has 146 valence electrons. The Kier molecular flexibility index (Phi) is 7.28. The highest BCUT2D eigenvalue weighted by Crippen LogP contribution is 2.21. The van der Waals surface area contributed by atoms with Gasteiger partial charge in [-0.25, -0.2) is 8.42 Å². The number of benzene rings is 1. The first kappa shape index (κ1) is 20.5. The van der Waals surface area contributed by atoms with E-state index in [1.54, 1.807) is 31.2 Å². The fourth-order valence-electron chi connectivity index (χ4n) is 2.85. The van der Waals surface area contributed by atoms with E-state index >= 15 is 0 Å². The number of nitrogens with one attached hydrogen (secondary N) is 1. The van der Waals surface area contributed by atoms with Crippen molar-refractivity contribution in [2.24, 2.45) is 0 Å². The highest BCUT2D eigenvalue weighted by molar-refractivity contribution is 7.92. The lowest BCUT2D eigenvalue weighted by Gasteiger charge is -2.18. The maximum absolute atomic E-state index is 12.1. The minimum absolute atomic E-state index is 0.149. The summed E-state index contributed by atoms with van der Waals surface area (Å²) in [5.74, 6) is 0.374. The topological polar surface area (TPSA) is 78.9 Å². The van der Waals surface area contributed by atoms with Crippen molar-refractivity contribution in [1.29, 1.82) is 0 Å². The zero-order valence-electron chi connectivity index (χ0n) is 15.8. The number of hydrogen-bond acceptors (Lipinski definition) is 5. The van der Waals surface area contributed by atoms with Gasteiger partial charge in [0.05, 0.1) is 11.9 Å². The molecule has 1 aromatic rings. The van der Waals surface area contributed by atoms with E-state index in [9.17, 15) is 13.2 Å². The van der Waals surface area contributed by atoms with Gasteiger partial charge in [0.15, 0.2) is 6.10 Å². The number of carbonyl (C=O) groups is 1. The van der Waals surface area contributed by atoms with Crippen LogP contribution in [0, 0.1) is 0 Å². The Balaban J connectivity index is 1.75. The van der Waals surface area contributed by atoms with Crippen LogP contribution in [-0.4, -0.2) is 64.8 Å². The fraction of sp³-hybridized carbons (Fsp3) is 0.611. The molecule has 0 aliphatic carbocycles. The molecule has 0 radical (unpaired) electrons. The van der Waals surface area contributed by atoms with Crippen LogP contribution < -0.4 is 14.4 Å². The van der Waals surface area contributed by atoms with Gasteiger partial charge in [-0.3, -0.25) is 9.10 Å². The molecule has 1 saturated heterocycles. The van der Waals surface area contributed by atoms with Crippen LogP contribution in [0.25, 0.3) is 0 Å². The standard InChI is InChI=1S/C18H29N3O4S/c1-15(18(22)19-11-6-14-21-12-4-5-13-21)25-17-9-7-16(8-10-17)20(2)26(3,23)24/h7-10,15H,4-6,11-14H2,1-3H3,(H,19,22)/t15-/m1/s1.